The maximum atomic E-state index is 12.4. The molecule has 1 rings (SSSR count). The molecule has 0 saturated heterocycles. The van der Waals surface area contributed by atoms with Crippen LogP contribution in [0.1, 0.15) is 34.6 Å². The van der Waals surface area contributed by atoms with Gasteiger partial charge in [-0.15, -0.1) is 0 Å². The minimum Gasteiger partial charge on any atom is -0.494 e. The Morgan fingerprint density at radius 1 is 1.04 bits per heavy atom. The molecule has 6 heteroatoms. The van der Waals surface area contributed by atoms with Gasteiger partial charge in [0.2, 0.25) is 6.10 Å². The molecule has 0 aliphatic rings. The molecule has 24 heavy (non-hydrogen) atoms. The molecule has 2 atom stereocenters. The topological polar surface area (TPSA) is 71.1 Å². The molecule has 6 nitrogen and oxygen atoms in total. The van der Waals surface area contributed by atoms with Crippen LogP contribution in [0.5, 0.6) is 11.5 Å². The van der Waals surface area contributed by atoms with Crippen LogP contribution in [-0.2, 0) is 19.1 Å². The van der Waals surface area contributed by atoms with E-state index in [4.69, 9.17) is 18.9 Å². The zero-order chi connectivity index (χ0) is 18.3. The van der Waals surface area contributed by atoms with Crippen molar-refractivity contribution < 1.29 is 28.5 Å². The fourth-order valence-electron chi connectivity index (χ4n) is 1.95. The van der Waals surface area contributed by atoms with Gasteiger partial charge in [-0.1, -0.05) is 0 Å². The summed E-state index contributed by atoms with van der Waals surface area (Å²) in [5, 5.41) is 0. The summed E-state index contributed by atoms with van der Waals surface area (Å²) in [6.45, 7) is 9.26. The molecule has 134 valence electrons. The number of carbonyl (C=O) groups is 2. The lowest BCUT2D eigenvalue weighted by Crippen LogP contribution is -2.42. The fraction of sp³-hybridized carbons (Fsp3) is 0.556. The maximum absolute atomic E-state index is 12.4. The van der Waals surface area contributed by atoms with Crippen LogP contribution >= 0.6 is 0 Å². The Kier molecular flexibility index (Phi) is 7.07. The maximum Gasteiger partial charge on any atom is 0.348 e. The number of hydrogen-bond donors (Lipinski definition) is 0. The highest BCUT2D eigenvalue weighted by atomic mass is 16.6. The van der Waals surface area contributed by atoms with Gasteiger partial charge < -0.3 is 18.9 Å². The third-order valence-electron chi connectivity index (χ3n) is 3.06. The molecule has 0 heterocycles. The van der Waals surface area contributed by atoms with Crippen LogP contribution in [0.25, 0.3) is 0 Å². The van der Waals surface area contributed by atoms with E-state index in [0.717, 1.165) is 0 Å². The molecule has 0 aliphatic heterocycles. The zero-order valence-electron chi connectivity index (χ0n) is 15.1. The van der Waals surface area contributed by atoms with Crippen LogP contribution in [-0.4, -0.2) is 37.4 Å². The standard InChI is InChI=1S/C18H26O6/c1-7-22-13-8-10-14(11-9-13)23-15(12(2)16(19)21-6)17(20)24-18(3,4)5/h8-12,15H,7H2,1-6H3. The van der Waals surface area contributed by atoms with Gasteiger partial charge in [0, 0.05) is 0 Å². The van der Waals surface area contributed by atoms with Gasteiger partial charge in [-0.25, -0.2) is 4.79 Å². The van der Waals surface area contributed by atoms with Gasteiger partial charge >= 0.3 is 11.9 Å². The van der Waals surface area contributed by atoms with E-state index in [2.05, 4.69) is 0 Å². The van der Waals surface area contributed by atoms with E-state index in [1.54, 1.807) is 52.0 Å². The molecule has 1 aromatic carbocycles. The van der Waals surface area contributed by atoms with E-state index in [0.29, 0.717) is 18.1 Å². The SMILES string of the molecule is CCOc1ccc(OC(C(=O)OC(C)(C)C)C(C)C(=O)OC)cc1. The number of methoxy groups -OCH3 is 1. The molecule has 0 fully saturated rings. The normalized spacial score (nSPS) is 13.6. The summed E-state index contributed by atoms with van der Waals surface area (Å²) >= 11 is 0. The Hall–Kier alpha value is -2.24. The van der Waals surface area contributed by atoms with Gasteiger partial charge in [-0.05, 0) is 58.9 Å². The minimum absolute atomic E-state index is 0.435. The third-order valence-corrected chi connectivity index (χ3v) is 3.06. The van der Waals surface area contributed by atoms with Crippen molar-refractivity contribution in [3.8, 4) is 11.5 Å². The van der Waals surface area contributed by atoms with E-state index in [-0.39, 0.29) is 0 Å². The van der Waals surface area contributed by atoms with Gasteiger partial charge in [0.15, 0.2) is 0 Å². The van der Waals surface area contributed by atoms with Gasteiger partial charge in [0.1, 0.15) is 23.0 Å². The average molecular weight is 338 g/mol. The molecular weight excluding hydrogens is 312 g/mol. The minimum atomic E-state index is -1.10. The first-order chi connectivity index (χ1) is 11.2. The largest absolute Gasteiger partial charge is 0.494 e. The summed E-state index contributed by atoms with van der Waals surface area (Å²) in [5.41, 5.74) is -0.687. The molecule has 0 radical (unpaired) electrons. The van der Waals surface area contributed by atoms with Gasteiger partial charge in [0.05, 0.1) is 13.7 Å². The Bertz CT molecular complexity index is 544. The van der Waals surface area contributed by atoms with Crippen LogP contribution in [0, 0.1) is 5.92 Å². The number of esters is 2. The van der Waals surface area contributed by atoms with Crippen molar-refractivity contribution in [2.45, 2.75) is 46.3 Å². The van der Waals surface area contributed by atoms with Crippen LogP contribution in [0.15, 0.2) is 24.3 Å². The molecule has 0 spiro atoms. The van der Waals surface area contributed by atoms with Crippen molar-refractivity contribution in [1.82, 2.24) is 0 Å². The molecule has 0 N–H and O–H groups in total. The Balaban J connectivity index is 2.95. The highest BCUT2D eigenvalue weighted by Gasteiger charge is 2.36. The number of rotatable bonds is 7. The quantitative estimate of drug-likeness (QED) is 0.712. The van der Waals surface area contributed by atoms with Crippen molar-refractivity contribution in [1.29, 1.82) is 0 Å². The summed E-state index contributed by atoms with van der Waals surface area (Å²) in [6, 6.07) is 6.81. The first-order valence-electron chi connectivity index (χ1n) is 7.88. The lowest BCUT2D eigenvalue weighted by Gasteiger charge is -2.26. The summed E-state index contributed by atoms with van der Waals surface area (Å²) in [5.74, 6) is -0.841. The van der Waals surface area contributed by atoms with Crippen LogP contribution in [0.4, 0.5) is 0 Å². The average Bonchev–Trinajstić information content (AvgIpc) is 2.51. The Morgan fingerprint density at radius 3 is 2.04 bits per heavy atom. The summed E-state index contributed by atoms with van der Waals surface area (Å²) in [6.07, 6.45) is -1.10. The van der Waals surface area contributed by atoms with Crippen LogP contribution in [0.3, 0.4) is 0 Å². The van der Waals surface area contributed by atoms with Gasteiger partial charge in [-0.3, -0.25) is 4.79 Å². The lowest BCUT2D eigenvalue weighted by molar-refractivity contribution is -0.171. The van der Waals surface area contributed by atoms with Crippen LogP contribution < -0.4 is 9.47 Å². The number of hydrogen-bond acceptors (Lipinski definition) is 6. The van der Waals surface area contributed by atoms with E-state index < -0.39 is 29.6 Å². The molecule has 0 aromatic heterocycles. The van der Waals surface area contributed by atoms with Crippen molar-refractivity contribution >= 4 is 11.9 Å². The Morgan fingerprint density at radius 2 is 1.58 bits per heavy atom. The molecular formula is C18H26O6. The lowest BCUT2D eigenvalue weighted by atomic mass is 10.0. The van der Waals surface area contributed by atoms with E-state index >= 15 is 0 Å². The molecule has 0 saturated carbocycles. The second-order valence-corrected chi connectivity index (χ2v) is 6.29. The van der Waals surface area contributed by atoms with E-state index in [9.17, 15) is 9.59 Å². The smallest absolute Gasteiger partial charge is 0.348 e. The fourth-order valence-corrected chi connectivity index (χ4v) is 1.95. The predicted molar refractivity (Wildman–Crippen MR) is 89.1 cm³/mol. The van der Waals surface area contributed by atoms with Crippen molar-refractivity contribution in [3.05, 3.63) is 24.3 Å². The second-order valence-electron chi connectivity index (χ2n) is 6.29. The summed E-state index contributed by atoms with van der Waals surface area (Å²) < 4.78 is 21.1. The molecule has 1 aromatic rings. The highest BCUT2D eigenvalue weighted by molar-refractivity contribution is 5.84. The van der Waals surface area contributed by atoms with E-state index in [1.807, 2.05) is 6.92 Å². The second kappa shape index (κ2) is 8.57. The number of benzene rings is 1. The molecule has 0 aliphatic carbocycles. The zero-order valence-corrected chi connectivity index (χ0v) is 15.1. The number of carbonyl (C=O) groups excluding carboxylic acids is 2. The monoisotopic (exact) mass is 338 g/mol. The first-order valence-corrected chi connectivity index (χ1v) is 7.88. The molecule has 0 amide bonds. The first kappa shape index (κ1) is 19.8. The van der Waals surface area contributed by atoms with E-state index in [1.165, 1.54) is 7.11 Å². The van der Waals surface area contributed by atoms with Crippen LogP contribution in [0.2, 0.25) is 0 Å². The van der Waals surface area contributed by atoms with Gasteiger partial charge in [0.25, 0.3) is 0 Å². The third kappa shape index (κ3) is 6.10. The predicted octanol–water partition coefficient (Wildman–Crippen LogP) is 2.98. The highest BCUT2D eigenvalue weighted by Crippen LogP contribution is 2.23. The molecule has 0 bridgehead atoms. The summed E-state index contributed by atoms with van der Waals surface area (Å²) in [4.78, 5) is 24.2. The van der Waals surface area contributed by atoms with Crippen molar-refractivity contribution in [2.75, 3.05) is 13.7 Å². The van der Waals surface area contributed by atoms with Crippen molar-refractivity contribution in [2.24, 2.45) is 5.92 Å². The van der Waals surface area contributed by atoms with Gasteiger partial charge in [-0.2, -0.15) is 0 Å². The molecule has 2 unspecified atom stereocenters. The number of ether oxygens (including phenoxy) is 4. The Labute approximate surface area is 143 Å². The van der Waals surface area contributed by atoms with Crippen molar-refractivity contribution in [3.63, 3.8) is 0 Å². The summed E-state index contributed by atoms with van der Waals surface area (Å²) in [7, 11) is 1.27.